The molecule has 0 saturated carbocycles. The summed E-state index contributed by atoms with van der Waals surface area (Å²) in [6, 6.07) is 12.6. The number of rotatable bonds is 2. The molecule has 0 aliphatic carbocycles. The van der Waals surface area contributed by atoms with Crippen LogP contribution in [-0.4, -0.2) is 19.5 Å². The van der Waals surface area contributed by atoms with Crippen LogP contribution in [0, 0.1) is 5.41 Å². The van der Waals surface area contributed by atoms with Gasteiger partial charge in [-0.3, -0.25) is 9.55 Å². The third-order valence-electron chi connectivity index (χ3n) is 4.11. The van der Waals surface area contributed by atoms with Gasteiger partial charge in [-0.2, -0.15) is 0 Å². The maximum atomic E-state index is 4.63. The van der Waals surface area contributed by atoms with Crippen molar-refractivity contribution in [3.05, 3.63) is 60.7 Å². The lowest BCUT2D eigenvalue weighted by Gasteiger charge is -2.18. The molecule has 1 aromatic carbocycles. The summed E-state index contributed by atoms with van der Waals surface area (Å²) >= 11 is 0. The summed E-state index contributed by atoms with van der Waals surface area (Å²) in [5, 5.41) is 1.17. The summed E-state index contributed by atoms with van der Waals surface area (Å²) in [7, 11) is 0. The molecule has 4 aromatic rings. The zero-order valence-corrected chi connectivity index (χ0v) is 14.2. The Morgan fingerprint density at radius 1 is 0.958 bits per heavy atom. The topological polar surface area (TPSA) is 43.6 Å². The van der Waals surface area contributed by atoms with Gasteiger partial charge in [0.2, 0.25) is 0 Å². The second kappa shape index (κ2) is 5.41. The summed E-state index contributed by atoms with van der Waals surface area (Å²) < 4.78 is 2.15. The second-order valence-electron chi connectivity index (χ2n) is 7.36. The smallest absolute Gasteiger partial charge is 0.141 e. The van der Waals surface area contributed by atoms with Crippen molar-refractivity contribution in [2.75, 3.05) is 0 Å². The first kappa shape index (κ1) is 14.8. The summed E-state index contributed by atoms with van der Waals surface area (Å²) in [4.78, 5) is 13.1. The Hall–Kier alpha value is -2.75. The third kappa shape index (κ3) is 2.54. The molecule has 4 nitrogen and oxygen atoms in total. The molecule has 0 atom stereocenters. The lowest BCUT2D eigenvalue weighted by Crippen LogP contribution is -2.08. The van der Waals surface area contributed by atoms with Crippen LogP contribution in [0.3, 0.4) is 0 Å². The van der Waals surface area contributed by atoms with Crippen LogP contribution in [-0.2, 0) is 6.42 Å². The van der Waals surface area contributed by atoms with E-state index >= 15 is 0 Å². The number of nitrogens with zero attached hydrogens (tertiary/aromatic N) is 4. The van der Waals surface area contributed by atoms with Crippen LogP contribution in [0.25, 0.3) is 27.8 Å². The minimum Gasteiger partial charge on any atom is -0.292 e. The molecule has 0 saturated heterocycles. The molecule has 0 amide bonds. The average molecular weight is 316 g/mol. The van der Waals surface area contributed by atoms with Crippen LogP contribution in [0.1, 0.15) is 26.3 Å². The van der Waals surface area contributed by atoms with Gasteiger partial charge in [0.25, 0.3) is 0 Å². The number of pyridine rings is 1. The van der Waals surface area contributed by atoms with Crippen molar-refractivity contribution >= 4 is 21.9 Å². The van der Waals surface area contributed by atoms with E-state index in [0.717, 1.165) is 28.8 Å². The highest BCUT2D eigenvalue weighted by Gasteiger charge is 2.16. The summed E-state index contributed by atoms with van der Waals surface area (Å²) in [6.45, 7) is 6.79. The number of hydrogen-bond acceptors (Lipinski definition) is 3. The molecule has 0 unspecified atom stereocenters. The molecule has 3 aromatic heterocycles. The van der Waals surface area contributed by atoms with E-state index in [-0.39, 0.29) is 5.41 Å². The van der Waals surface area contributed by atoms with Gasteiger partial charge < -0.3 is 0 Å². The van der Waals surface area contributed by atoms with Crippen LogP contribution in [0.15, 0.2) is 55.1 Å². The first-order valence-electron chi connectivity index (χ1n) is 8.17. The van der Waals surface area contributed by atoms with E-state index < -0.39 is 0 Å². The van der Waals surface area contributed by atoms with Gasteiger partial charge in [0, 0.05) is 17.8 Å². The van der Waals surface area contributed by atoms with Gasteiger partial charge in [0.05, 0.1) is 16.6 Å². The largest absolute Gasteiger partial charge is 0.292 e. The van der Waals surface area contributed by atoms with E-state index in [0.29, 0.717) is 0 Å². The maximum absolute atomic E-state index is 4.63. The van der Waals surface area contributed by atoms with E-state index in [1.54, 1.807) is 12.5 Å². The molecule has 0 radical (unpaired) electrons. The highest BCUT2D eigenvalue weighted by atomic mass is 15.1. The van der Waals surface area contributed by atoms with Gasteiger partial charge >= 0.3 is 0 Å². The number of aromatic nitrogens is 4. The average Bonchev–Trinajstić information content (AvgIpc) is 2.88. The fourth-order valence-corrected chi connectivity index (χ4v) is 3.27. The van der Waals surface area contributed by atoms with Crippen molar-refractivity contribution in [1.82, 2.24) is 19.5 Å². The zero-order valence-electron chi connectivity index (χ0n) is 14.2. The Morgan fingerprint density at radius 3 is 2.58 bits per heavy atom. The Bertz CT molecular complexity index is 1010. The zero-order chi connectivity index (χ0) is 16.7. The molecule has 120 valence electrons. The van der Waals surface area contributed by atoms with E-state index in [1.165, 1.54) is 10.9 Å². The van der Waals surface area contributed by atoms with E-state index in [9.17, 15) is 0 Å². The SMILES string of the molecule is CC(C)(C)Cc1ccc2c(c1)c1ncccc1n2-c1ccncn1. The van der Waals surface area contributed by atoms with Gasteiger partial charge in [-0.1, -0.05) is 26.8 Å². The highest BCUT2D eigenvalue weighted by Crippen LogP contribution is 2.32. The monoisotopic (exact) mass is 316 g/mol. The second-order valence-corrected chi connectivity index (χ2v) is 7.36. The molecule has 0 bridgehead atoms. The lowest BCUT2D eigenvalue weighted by atomic mass is 9.88. The maximum Gasteiger partial charge on any atom is 0.141 e. The Morgan fingerprint density at radius 2 is 1.83 bits per heavy atom. The van der Waals surface area contributed by atoms with Crippen molar-refractivity contribution in [2.45, 2.75) is 27.2 Å². The fraction of sp³-hybridized carbons (Fsp3) is 0.250. The number of hydrogen-bond donors (Lipinski definition) is 0. The van der Waals surface area contributed by atoms with Gasteiger partial charge in [-0.15, -0.1) is 0 Å². The molecule has 0 aliphatic rings. The first-order valence-corrected chi connectivity index (χ1v) is 8.17. The van der Waals surface area contributed by atoms with E-state index in [1.807, 2.05) is 18.3 Å². The summed E-state index contributed by atoms with van der Waals surface area (Å²) in [5.74, 6) is 0.863. The van der Waals surface area contributed by atoms with Crippen LogP contribution >= 0.6 is 0 Å². The Balaban J connectivity index is 2.02. The molecule has 0 N–H and O–H groups in total. The molecule has 4 rings (SSSR count). The standard InChI is InChI=1S/C20H20N4/c1-20(2,3)12-14-6-7-16-15(11-14)19-17(5-4-9-22-19)24(16)18-8-10-21-13-23-18/h4-11,13H,12H2,1-3H3. The predicted molar refractivity (Wildman–Crippen MR) is 97.3 cm³/mol. The van der Waals surface area contributed by atoms with Crippen molar-refractivity contribution < 1.29 is 0 Å². The molecular weight excluding hydrogens is 296 g/mol. The van der Waals surface area contributed by atoms with Crippen LogP contribution in [0.5, 0.6) is 0 Å². The minimum absolute atomic E-state index is 0.256. The molecule has 3 heterocycles. The minimum atomic E-state index is 0.256. The number of benzene rings is 1. The molecular formula is C20H20N4. The predicted octanol–water partition coefficient (Wildman–Crippen LogP) is 4.56. The third-order valence-corrected chi connectivity index (χ3v) is 4.11. The number of fused-ring (bicyclic) bond motifs is 3. The van der Waals surface area contributed by atoms with Crippen molar-refractivity contribution in [3.63, 3.8) is 0 Å². The molecule has 0 aliphatic heterocycles. The van der Waals surface area contributed by atoms with Crippen molar-refractivity contribution in [2.24, 2.45) is 5.41 Å². The van der Waals surface area contributed by atoms with Gasteiger partial charge in [0.1, 0.15) is 12.1 Å². The van der Waals surface area contributed by atoms with Crippen LogP contribution in [0.4, 0.5) is 0 Å². The van der Waals surface area contributed by atoms with Crippen molar-refractivity contribution in [1.29, 1.82) is 0 Å². The lowest BCUT2D eigenvalue weighted by molar-refractivity contribution is 0.411. The summed E-state index contributed by atoms with van der Waals surface area (Å²) in [5.41, 5.74) is 4.80. The van der Waals surface area contributed by atoms with Gasteiger partial charge in [0.15, 0.2) is 0 Å². The van der Waals surface area contributed by atoms with Gasteiger partial charge in [-0.25, -0.2) is 9.97 Å². The molecule has 4 heteroatoms. The molecule has 0 spiro atoms. The van der Waals surface area contributed by atoms with E-state index in [2.05, 4.69) is 64.6 Å². The van der Waals surface area contributed by atoms with Crippen molar-refractivity contribution in [3.8, 4) is 5.82 Å². The molecule has 0 fully saturated rings. The van der Waals surface area contributed by atoms with Gasteiger partial charge in [-0.05, 0) is 47.7 Å². The Kier molecular flexibility index (Phi) is 3.34. The highest BCUT2D eigenvalue weighted by molar-refractivity contribution is 6.07. The first-order chi connectivity index (χ1) is 11.5. The van der Waals surface area contributed by atoms with Crippen LogP contribution < -0.4 is 0 Å². The fourth-order valence-electron chi connectivity index (χ4n) is 3.27. The Labute approximate surface area is 141 Å². The normalized spacial score (nSPS) is 12.1. The molecule has 24 heavy (non-hydrogen) atoms. The summed E-state index contributed by atoms with van der Waals surface area (Å²) in [6.07, 6.45) is 6.24. The van der Waals surface area contributed by atoms with E-state index in [4.69, 9.17) is 0 Å². The quantitative estimate of drug-likeness (QED) is 0.544. The van der Waals surface area contributed by atoms with Crippen LogP contribution in [0.2, 0.25) is 0 Å².